The summed E-state index contributed by atoms with van der Waals surface area (Å²) in [6.45, 7) is 21.2. The van der Waals surface area contributed by atoms with Crippen molar-refractivity contribution in [1.82, 2.24) is 14.9 Å². The number of ether oxygens (including phenoxy) is 2. The van der Waals surface area contributed by atoms with Crippen LogP contribution in [0.5, 0.6) is 5.75 Å². The highest BCUT2D eigenvalue weighted by Crippen LogP contribution is 2.40. The number of nitrogens with zero attached hydrogens (tertiary/aromatic N) is 3. The number of carbonyl (C=O) groups excluding carboxylic acids is 1. The molecule has 0 saturated heterocycles. The molecule has 0 saturated carbocycles. The number of aromatic nitrogens is 2. The van der Waals surface area contributed by atoms with Gasteiger partial charge in [0.05, 0.1) is 36.8 Å². The van der Waals surface area contributed by atoms with E-state index in [-0.39, 0.29) is 29.0 Å². The van der Waals surface area contributed by atoms with Crippen LogP contribution in [0.25, 0.3) is 5.70 Å². The van der Waals surface area contributed by atoms with Gasteiger partial charge in [0, 0.05) is 0 Å². The summed E-state index contributed by atoms with van der Waals surface area (Å²) in [5.74, 6) is 1.45. The molecule has 8 heteroatoms. The van der Waals surface area contributed by atoms with Gasteiger partial charge in [-0.15, -0.1) is 0 Å². The summed E-state index contributed by atoms with van der Waals surface area (Å²) in [5.41, 5.74) is -0.0556. The first-order chi connectivity index (χ1) is 21.1. The Balaban J connectivity index is 1.84. The van der Waals surface area contributed by atoms with Crippen LogP contribution in [-0.2, 0) is 9.16 Å². The molecule has 0 bridgehead atoms. The normalized spacial score (nSPS) is 17.8. The van der Waals surface area contributed by atoms with E-state index in [0.717, 1.165) is 6.42 Å². The van der Waals surface area contributed by atoms with Crippen molar-refractivity contribution >= 4 is 30.5 Å². The van der Waals surface area contributed by atoms with Gasteiger partial charge in [-0.25, -0.2) is 14.8 Å². The fraction of sp³-hybridized carbons (Fsp3) is 0.486. The highest BCUT2D eigenvalue weighted by atomic mass is 28.4. The molecule has 2 heterocycles. The van der Waals surface area contributed by atoms with Crippen molar-refractivity contribution in [3.8, 4) is 5.75 Å². The third-order valence-corrected chi connectivity index (χ3v) is 13.2. The Kier molecular flexibility index (Phi) is 10.6. The van der Waals surface area contributed by atoms with Crippen molar-refractivity contribution < 1.29 is 18.7 Å². The molecule has 2 aromatic carbocycles. The van der Waals surface area contributed by atoms with Crippen LogP contribution in [0.3, 0.4) is 0 Å². The van der Waals surface area contributed by atoms with Gasteiger partial charge < -0.3 is 13.9 Å². The molecule has 7 nitrogen and oxygen atoms in total. The summed E-state index contributed by atoms with van der Waals surface area (Å²) in [6.07, 6.45) is 5.74. The summed E-state index contributed by atoms with van der Waals surface area (Å²) in [4.78, 5) is 25.2. The van der Waals surface area contributed by atoms with E-state index in [0.29, 0.717) is 23.9 Å². The predicted molar refractivity (Wildman–Crippen MR) is 184 cm³/mol. The van der Waals surface area contributed by atoms with Crippen LogP contribution >= 0.6 is 0 Å². The van der Waals surface area contributed by atoms with Gasteiger partial charge in [-0.2, -0.15) is 0 Å². The second-order valence-electron chi connectivity index (χ2n) is 14.5. The Hall–Kier alpha value is -3.49. The predicted octanol–water partition coefficient (Wildman–Crippen LogP) is 7.46. The smallest absolute Gasteiger partial charge is 0.415 e. The molecule has 2 unspecified atom stereocenters. The molecule has 0 aliphatic carbocycles. The Morgan fingerprint density at radius 3 is 1.87 bits per heavy atom. The quantitative estimate of drug-likeness (QED) is 0.229. The zero-order chi connectivity index (χ0) is 33.0. The number of benzene rings is 2. The molecule has 0 N–H and O–H groups in total. The maximum atomic E-state index is 14.2. The van der Waals surface area contributed by atoms with Crippen LogP contribution < -0.4 is 15.1 Å². The van der Waals surface area contributed by atoms with E-state index in [1.54, 1.807) is 17.3 Å². The fourth-order valence-electron chi connectivity index (χ4n) is 6.29. The second kappa shape index (κ2) is 13.9. The minimum absolute atomic E-state index is 0.00131. The van der Waals surface area contributed by atoms with Gasteiger partial charge in [-0.05, 0) is 68.3 Å². The summed E-state index contributed by atoms with van der Waals surface area (Å²) in [7, 11) is -2.88. The van der Waals surface area contributed by atoms with Gasteiger partial charge in [0.2, 0.25) is 0 Å². The summed E-state index contributed by atoms with van der Waals surface area (Å²) >= 11 is 0. The molecule has 0 spiro atoms. The van der Waals surface area contributed by atoms with Crippen molar-refractivity contribution in [1.29, 1.82) is 0 Å². The highest BCUT2D eigenvalue weighted by Gasteiger charge is 2.52. The van der Waals surface area contributed by atoms with E-state index in [2.05, 4.69) is 99.2 Å². The fourth-order valence-corrected chi connectivity index (χ4v) is 10.9. The first-order valence-corrected chi connectivity index (χ1v) is 18.0. The lowest BCUT2D eigenvalue weighted by atomic mass is 9.82. The number of hydrogen-bond donors (Lipinski definition) is 0. The van der Waals surface area contributed by atoms with E-state index in [1.165, 1.54) is 10.4 Å². The number of rotatable bonds is 9. The molecule has 1 aliphatic rings. The minimum Gasteiger partial charge on any atom is -0.488 e. The number of carbonyl (C=O) groups is 1. The molecular formula is C37H51N3O4Si. The largest absolute Gasteiger partial charge is 0.488 e. The first-order valence-electron chi connectivity index (χ1n) is 16.1. The maximum absolute atomic E-state index is 14.2. The molecule has 242 valence electrons. The molecule has 3 aromatic rings. The molecule has 1 aromatic heterocycles. The van der Waals surface area contributed by atoms with E-state index in [1.807, 2.05) is 46.8 Å². The number of hydrogen-bond acceptors (Lipinski definition) is 6. The van der Waals surface area contributed by atoms with Crippen LogP contribution in [0.15, 0.2) is 79.1 Å². The van der Waals surface area contributed by atoms with Crippen molar-refractivity contribution in [2.45, 2.75) is 98.4 Å². The van der Waals surface area contributed by atoms with Gasteiger partial charge in [-0.1, -0.05) is 101 Å². The SMILES string of the molecule is CC(C)Oc1cnc(C2=CCC(C(C)C)C(CO[Si](c3ccccc3)(c3ccccc3)C(C)(C)C)N2C(=O)OC(C)(C)C)nc1. The molecule has 2 atom stereocenters. The van der Waals surface area contributed by atoms with E-state index in [9.17, 15) is 4.79 Å². The average molecular weight is 630 g/mol. The number of amides is 1. The second-order valence-corrected chi connectivity index (χ2v) is 18.8. The Morgan fingerprint density at radius 2 is 1.42 bits per heavy atom. The topological polar surface area (TPSA) is 73.8 Å². The van der Waals surface area contributed by atoms with Gasteiger partial charge in [0.25, 0.3) is 8.32 Å². The van der Waals surface area contributed by atoms with E-state index < -0.39 is 20.0 Å². The van der Waals surface area contributed by atoms with Crippen LogP contribution in [0.4, 0.5) is 4.79 Å². The van der Waals surface area contributed by atoms with Crippen LogP contribution in [0.1, 0.15) is 81.5 Å². The maximum Gasteiger partial charge on any atom is 0.415 e. The highest BCUT2D eigenvalue weighted by molar-refractivity contribution is 6.99. The van der Waals surface area contributed by atoms with Crippen LogP contribution in [-0.4, -0.2) is 53.6 Å². The average Bonchev–Trinajstić information content (AvgIpc) is 2.96. The minimum atomic E-state index is -2.88. The standard InChI is InChI=1S/C37H51N3O4Si/c1-26(2)31-21-22-32(34-38-23-28(24-39-34)43-27(3)4)40(35(41)44-36(5,6)7)33(31)25-42-45(37(8,9)10,29-17-13-11-14-18-29)30-19-15-12-16-20-30/h11-20,22-24,26-27,31,33H,21,25H2,1-10H3. The van der Waals surface area contributed by atoms with Gasteiger partial charge in [-0.3, -0.25) is 4.90 Å². The summed E-state index contributed by atoms with van der Waals surface area (Å²) in [6, 6.07) is 20.9. The summed E-state index contributed by atoms with van der Waals surface area (Å²) in [5, 5.41) is 2.19. The Bertz CT molecular complexity index is 1390. The van der Waals surface area contributed by atoms with Gasteiger partial charge in [0.15, 0.2) is 11.6 Å². The molecule has 1 amide bonds. The van der Waals surface area contributed by atoms with Crippen molar-refractivity contribution in [2.24, 2.45) is 11.8 Å². The Labute approximate surface area is 271 Å². The zero-order valence-corrected chi connectivity index (χ0v) is 29.7. The lowest BCUT2D eigenvalue weighted by molar-refractivity contribution is 0.0124. The molecule has 45 heavy (non-hydrogen) atoms. The Morgan fingerprint density at radius 1 is 0.889 bits per heavy atom. The van der Waals surface area contributed by atoms with Crippen molar-refractivity contribution in [2.75, 3.05) is 6.61 Å². The van der Waals surface area contributed by atoms with Crippen molar-refractivity contribution in [3.63, 3.8) is 0 Å². The van der Waals surface area contributed by atoms with Crippen LogP contribution in [0, 0.1) is 11.8 Å². The van der Waals surface area contributed by atoms with Gasteiger partial charge in [0.1, 0.15) is 5.60 Å². The first kappa shape index (κ1) is 34.4. The third-order valence-electron chi connectivity index (χ3n) is 8.23. The third kappa shape index (κ3) is 7.84. The molecule has 4 rings (SSSR count). The zero-order valence-electron chi connectivity index (χ0n) is 28.7. The lowest BCUT2D eigenvalue weighted by Gasteiger charge is -2.47. The molecule has 1 aliphatic heterocycles. The van der Waals surface area contributed by atoms with E-state index >= 15 is 0 Å². The summed E-state index contributed by atoms with van der Waals surface area (Å²) < 4.78 is 19.3. The van der Waals surface area contributed by atoms with E-state index in [4.69, 9.17) is 13.9 Å². The molecule has 0 fully saturated rings. The lowest BCUT2D eigenvalue weighted by Crippen LogP contribution is -2.68. The number of allylic oxidation sites excluding steroid dienone is 1. The monoisotopic (exact) mass is 629 g/mol. The van der Waals surface area contributed by atoms with Crippen molar-refractivity contribution in [3.05, 3.63) is 85.0 Å². The molecule has 0 radical (unpaired) electrons. The molecular weight excluding hydrogens is 579 g/mol. The van der Waals surface area contributed by atoms with Crippen LogP contribution in [0.2, 0.25) is 5.04 Å². The van der Waals surface area contributed by atoms with Gasteiger partial charge >= 0.3 is 6.09 Å².